The van der Waals surface area contributed by atoms with Gasteiger partial charge in [-0.05, 0) is 12.8 Å². The summed E-state index contributed by atoms with van der Waals surface area (Å²) in [5.74, 6) is -0.142. The summed E-state index contributed by atoms with van der Waals surface area (Å²) < 4.78 is 11.2. The lowest BCUT2D eigenvalue weighted by atomic mass is 9.99. The van der Waals surface area contributed by atoms with Crippen molar-refractivity contribution in [3.63, 3.8) is 0 Å². The lowest BCUT2D eigenvalue weighted by Crippen LogP contribution is -2.60. The molecule has 9 heteroatoms. The predicted octanol–water partition coefficient (Wildman–Crippen LogP) is 8.78. The molecular formula is C43H85NO8. The van der Waals surface area contributed by atoms with Crippen molar-refractivity contribution in [3.05, 3.63) is 0 Å². The Labute approximate surface area is 319 Å². The molecule has 6 N–H and O–H groups in total. The topological polar surface area (TPSA) is 149 Å². The maximum Gasteiger partial charge on any atom is 0.220 e. The lowest BCUT2D eigenvalue weighted by Gasteiger charge is -2.40. The third-order valence-corrected chi connectivity index (χ3v) is 11.0. The van der Waals surface area contributed by atoms with Gasteiger partial charge in [0.15, 0.2) is 6.29 Å². The number of unbranched alkanes of at least 4 members (excludes halogenated alkanes) is 27. The van der Waals surface area contributed by atoms with E-state index in [1.165, 1.54) is 148 Å². The van der Waals surface area contributed by atoms with E-state index in [0.717, 1.165) is 38.5 Å². The number of amides is 1. The van der Waals surface area contributed by atoms with E-state index in [2.05, 4.69) is 19.2 Å². The summed E-state index contributed by atoms with van der Waals surface area (Å²) in [7, 11) is 0. The van der Waals surface area contributed by atoms with Crippen LogP contribution in [0.3, 0.4) is 0 Å². The molecule has 1 aliphatic rings. The highest BCUT2D eigenvalue weighted by molar-refractivity contribution is 5.76. The van der Waals surface area contributed by atoms with Gasteiger partial charge in [-0.3, -0.25) is 4.79 Å². The number of carbonyl (C=O) groups excluding carboxylic acids is 1. The van der Waals surface area contributed by atoms with Gasteiger partial charge in [0.1, 0.15) is 24.4 Å². The van der Waals surface area contributed by atoms with Crippen molar-refractivity contribution in [2.45, 2.75) is 256 Å². The number of rotatable bonds is 37. The second kappa shape index (κ2) is 34.7. The molecule has 9 nitrogen and oxygen atoms in total. The van der Waals surface area contributed by atoms with Crippen molar-refractivity contribution >= 4 is 5.91 Å². The molecule has 0 radical (unpaired) electrons. The molecule has 310 valence electrons. The van der Waals surface area contributed by atoms with Gasteiger partial charge in [-0.1, -0.05) is 194 Å². The first-order chi connectivity index (χ1) is 25.3. The first-order valence-corrected chi connectivity index (χ1v) is 22.2. The fraction of sp³-hybridized carbons (Fsp3) is 0.977. The normalized spacial score (nSPS) is 21.7. The minimum Gasteiger partial charge on any atom is -0.394 e. The quantitative estimate of drug-likeness (QED) is 0.0346. The van der Waals surface area contributed by atoms with Crippen LogP contribution in [0.5, 0.6) is 0 Å². The highest BCUT2D eigenvalue weighted by Gasteiger charge is 2.44. The van der Waals surface area contributed by atoms with E-state index in [-0.39, 0.29) is 12.5 Å². The zero-order valence-corrected chi connectivity index (χ0v) is 33.8. The SMILES string of the molecule is CCCCCCCCCCCCCCCCCC(=O)N[C@@H](CO[C@@H]1O[C@H](CO)[C@H](O)C(O)C1O)[C@H](O)CCCCCCCCCCCCCCCC. The number of aliphatic hydroxyl groups is 5. The Bertz CT molecular complexity index is 786. The zero-order valence-electron chi connectivity index (χ0n) is 33.8. The molecular weight excluding hydrogens is 658 g/mol. The van der Waals surface area contributed by atoms with Gasteiger partial charge in [-0.15, -0.1) is 0 Å². The minimum atomic E-state index is -1.55. The predicted molar refractivity (Wildman–Crippen MR) is 212 cm³/mol. The second-order valence-electron chi connectivity index (χ2n) is 15.9. The van der Waals surface area contributed by atoms with E-state index < -0.39 is 49.5 Å². The number of hydrogen-bond donors (Lipinski definition) is 6. The Hall–Kier alpha value is -0.810. The molecule has 0 bridgehead atoms. The van der Waals surface area contributed by atoms with E-state index in [0.29, 0.717) is 12.8 Å². The van der Waals surface area contributed by atoms with Crippen LogP contribution in [-0.4, -0.2) is 87.5 Å². The van der Waals surface area contributed by atoms with Gasteiger partial charge in [0.25, 0.3) is 0 Å². The molecule has 52 heavy (non-hydrogen) atoms. The molecule has 2 unspecified atom stereocenters. The summed E-state index contributed by atoms with van der Waals surface area (Å²) in [6.45, 7) is 3.84. The van der Waals surface area contributed by atoms with Crippen LogP contribution in [0.4, 0.5) is 0 Å². The molecule has 1 aliphatic heterocycles. The first kappa shape index (κ1) is 49.2. The van der Waals surface area contributed by atoms with Gasteiger partial charge in [-0.25, -0.2) is 0 Å². The monoisotopic (exact) mass is 744 g/mol. The van der Waals surface area contributed by atoms with Crippen LogP contribution in [0.2, 0.25) is 0 Å². The van der Waals surface area contributed by atoms with Crippen LogP contribution in [0.15, 0.2) is 0 Å². The molecule has 1 heterocycles. The maximum atomic E-state index is 12.9. The van der Waals surface area contributed by atoms with Crippen LogP contribution in [-0.2, 0) is 14.3 Å². The van der Waals surface area contributed by atoms with E-state index in [4.69, 9.17) is 9.47 Å². The van der Waals surface area contributed by atoms with Crippen molar-refractivity contribution in [3.8, 4) is 0 Å². The molecule has 0 aliphatic carbocycles. The molecule has 0 aromatic carbocycles. The average molecular weight is 744 g/mol. The zero-order chi connectivity index (χ0) is 38.1. The Kier molecular flexibility index (Phi) is 32.8. The summed E-state index contributed by atoms with van der Waals surface area (Å²) >= 11 is 0. The Morgan fingerprint density at radius 2 is 0.962 bits per heavy atom. The van der Waals surface area contributed by atoms with Crippen LogP contribution in [0.25, 0.3) is 0 Å². The van der Waals surface area contributed by atoms with E-state index in [9.17, 15) is 30.3 Å². The van der Waals surface area contributed by atoms with Crippen molar-refractivity contribution in [1.29, 1.82) is 0 Å². The highest BCUT2D eigenvalue weighted by atomic mass is 16.7. The van der Waals surface area contributed by atoms with Crippen molar-refractivity contribution in [1.82, 2.24) is 5.32 Å². The third kappa shape index (κ3) is 25.3. The number of nitrogens with one attached hydrogen (secondary N) is 1. The Morgan fingerprint density at radius 3 is 1.37 bits per heavy atom. The number of aliphatic hydroxyl groups excluding tert-OH is 5. The number of carbonyl (C=O) groups is 1. The second-order valence-corrected chi connectivity index (χ2v) is 15.9. The van der Waals surface area contributed by atoms with Gasteiger partial charge >= 0.3 is 0 Å². The van der Waals surface area contributed by atoms with Crippen molar-refractivity contribution in [2.75, 3.05) is 13.2 Å². The number of hydrogen-bond acceptors (Lipinski definition) is 8. The van der Waals surface area contributed by atoms with Gasteiger partial charge in [0.2, 0.25) is 5.91 Å². The fourth-order valence-corrected chi connectivity index (χ4v) is 7.34. The van der Waals surface area contributed by atoms with E-state index >= 15 is 0 Å². The summed E-state index contributed by atoms with van der Waals surface area (Å²) in [5.41, 5.74) is 0. The molecule has 1 rings (SSSR count). The minimum absolute atomic E-state index is 0.132. The van der Waals surface area contributed by atoms with Gasteiger partial charge in [-0.2, -0.15) is 0 Å². The molecule has 0 aromatic rings. The summed E-state index contributed by atoms with van der Waals surface area (Å²) in [6, 6.07) is -0.710. The molecule has 7 atom stereocenters. The fourth-order valence-electron chi connectivity index (χ4n) is 7.34. The van der Waals surface area contributed by atoms with Crippen LogP contribution in [0.1, 0.15) is 213 Å². The largest absolute Gasteiger partial charge is 0.394 e. The number of ether oxygens (including phenoxy) is 2. The molecule has 1 amide bonds. The van der Waals surface area contributed by atoms with Crippen LogP contribution in [0, 0.1) is 0 Å². The maximum absolute atomic E-state index is 12.9. The van der Waals surface area contributed by atoms with Crippen molar-refractivity contribution in [2.24, 2.45) is 0 Å². The van der Waals surface area contributed by atoms with Crippen LogP contribution < -0.4 is 5.32 Å². The molecule has 0 spiro atoms. The molecule has 1 saturated heterocycles. The Balaban J connectivity index is 2.34. The van der Waals surface area contributed by atoms with E-state index in [1.807, 2.05) is 0 Å². The van der Waals surface area contributed by atoms with Crippen LogP contribution >= 0.6 is 0 Å². The van der Waals surface area contributed by atoms with Gasteiger partial charge in [0.05, 0.1) is 25.4 Å². The highest BCUT2D eigenvalue weighted by Crippen LogP contribution is 2.23. The van der Waals surface area contributed by atoms with E-state index in [1.54, 1.807) is 0 Å². The van der Waals surface area contributed by atoms with Gasteiger partial charge < -0.3 is 40.3 Å². The molecule has 0 aromatic heterocycles. The first-order valence-electron chi connectivity index (χ1n) is 22.2. The standard InChI is InChI=1S/C43H85NO8/c1-3-5-7-9-11-13-15-17-19-21-23-25-27-29-31-33-39(47)44-36(35-51-43-42(50)41(49)40(48)38(34-45)52-43)37(46)32-30-28-26-24-22-20-18-16-14-12-10-8-6-4-2/h36-38,40-43,45-46,48-50H,3-35H2,1-2H3,(H,44,47)/t36-,37+,38+,40-,41?,42?,43+/m0/s1. The lowest BCUT2D eigenvalue weighted by molar-refractivity contribution is -0.302. The van der Waals surface area contributed by atoms with Gasteiger partial charge in [0, 0.05) is 6.42 Å². The summed E-state index contributed by atoms with van der Waals surface area (Å²) in [6.07, 6.45) is 29.6. The average Bonchev–Trinajstić information content (AvgIpc) is 3.14. The van der Waals surface area contributed by atoms with Crippen molar-refractivity contribution < 1.29 is 39.8 Å². The summed E-state index contributed by atoms with van der Waals surface area (Å²) in [4.78, 5) is 12.9. The molecule has 1 fully saturated rings. The third-order valence-electron chi connectivity index (χ3n) is 11.0. The summed E-state index contributed by atoms with van der Waals surface area (Å²) in [5, 5.41) is 54.3. The molecule has 0 saturated carbocycles. The Morgan fingerprint density at radius 1 is 0.577 bits per heavy atom. The smallest absolute Gasteiger partial charge is 0.220 e.